The fraction of sp³-hybridized carbons (Fsp3) is 1.00. The molecule has 0 bridgehead atoms. The number of hydrogen-bond donors (Lipinski definition) is 1. The molecule has 0 aromatic heterocycles. The van der Waals surface area contributed by atoms with Gasteiger partial charge in [0.05, 0.1) is 0 Å². The van der Waals surface area contributed by atoms with Crippen molar-refractivity contribution in [3.8, 4) is 0 Å². The SMILES string of the molecule is CN.COCC(C)C. The summed E-state index contributed by atoms with van der Waals surface area (Å²) in [5.41, 5.74) is 4.50. The summed E-state index contributed by atoms with van der Waals surface area (Å²) in [7, 11) is 3.22. The van der Waals surface area contributed by atoms with E-state index in [9.17, 15) is 0 Å². The van der Waals surface area contributed by atoms with Crippen molar-refractivity contribution in [1.82, 2.24) is 0 Å². The van der Waals surface area contributed by atoms with Crippen LogP contribution in [0.2, 0.25) is 0 Å². The molecule has 0 spiro atoms. The van der Waals surface area contributed by atoms with Crippen LogP contribution >= 0.6 is 0 Å². The Morgan fingerprint density at radius 3 is 1.75 bits per heavy atom. The van der Waals surface area contributed by atoms with Crippen LogP contribution in [0.1, 0.15) is 13.8 Å². The van der Waals surface area contributed by atoms with Crippen LogP contribution in [-0.4, -0.2) is 20.8 Å². The Bertz CT molecular complexity index is 29.7. The van der Waals surface area contributed by atoms with E-state index in [2.05, 4.69) is 19.6 Å². The van der Waals surface area contributed by atoms with Crippen molar-refractivity contribution in [2.45, 2.75) is 13.8 Å². The second kappa shape index (κ2) is 10.0. The van der Waals surface area contributed by atoms with Gasteiger partial charge < -0.3 is 10.5 Å². The molecule has 0 saturated carbocycles. The standard InChI is InChI=1S/C5H12O.CH5N/c1-5(2)4-6-3;1-2/h5H,4H2,1-3H3;2H2,1H3. The lowest BCUT2D eigenvalue weighted by Crippen LogP contribution is -1.96. The Morgan fingerprint density at radius 1 is 1.38 bits per heavy atom. The Kier molecular flexibility index (Phi) is 13.6. The van der Waals surface area contributed by atoms with Crippen LogP contribution in [0.25, 0.3) is 0 Å². The van der Waals surface area contributed by atoms with E-state index in [-0.39, 0.29) is 0 Å². The average molecular weight is 119 g/mol. The molecule has 8 heavy (non-hydrogen) atoms. The van der Waals surface area contributed by atoms with Crippen molar-refractivity contribution in [3.05, 3.63) is 0 Å². The lowest BCUT2D eigenvalue weighted by atomic mass is 10.2. The Hall–Kier alpha value is -0.0800. The van der Waals surface area contributed by atoms with E-state index in [0.717, 1.165) is 6.61 Å². The monoisotopic (exact) mass is 119 g/mol. The Balaban J connectivity index is 0. The molecule has 0 aliphatic carbocycles. The number of nitrogens with two attached hydrogens (primary N) is 1. The largest absolute Gasteiger partial charge is 0.384 e. The van der Waals surface area contributed by atoms with Crippen molar-refractivity contribution in [3.63, 3.8) is 0 Å². The van der Waals surface area contributed by atoms with Gasteiger partial charge in [-0.1, -0.05) is 13.8 Å². The number of methoxy groups -OCH3 is 1. The van der Waals surface area contributed by atoms with E-state index in [4.69, 9.17) is 4.74 Å². The van der Waals surface area contributed by atoms with E-state index in [1.165, 1.54) is 7.05 Å². The fourth-order valence-electron chi connectivity index (χ4n) is 0.333. The molecule has 0 amide bonds. The molecule has 2 nitrogen and oxygen atoms in total. The molecule has 2 heteroatoms. The van der Waals surface area contributed by atoms with Crippen LogP contribution in [0.4, 0.5) is 0 Å². The zero-order valence-electron chi connectivity index (χ0n) is 6.27. The molecule has 0 aliphatic rings. The molecular formula is C6H17NO. The summed E-state index contributed by atoms with van der Waals surface area (Å²) >= 11 is 0. The molecule has 0 radical (unpaired) electrons. The predicted molar refractivity (Wildman–Crippen MR) is 36.8 cm³/mol. The van der Waals surface area contributed by atoms with Gasteiger partial charge >= 0.3 is 0 Å². The van der Waals surface area contributed by atoms with Gasteiger partial charge in [-0.15, -0.1) is 0 Å². The summed E-state index contributed by atoms with van der Waals surface area (Å²) in [5, 5.41) is 0. The highest BCUT2D eigenvalue weighted by Crippen LogP contribution is 1.88. The van der Waals surface area contributed by atoms with E-state index < -0.39 is 0 Å². The highest BCUT2D eigenvalue weighted by molar-refractivity contribution is 4.35. The average Bonchev–Trinajstić information content (AvgIpc) is 1.72. The third-order valence-corrected chi connectivity index (χ3v) is 0.500. The first-order valence-electron chi connectivity index (χ1n) is 2.84. The fourth-order valence-corrected chi connectivity index (χ4v) is 0.333. The minimum Gasteiger partial charge on any atom is -0.384 e. The maximum atomic E-state index is 4.80. The zero-order chi connectivity index (χ0) is 6.99. The van der Waals surface area contributed by atoms with E-state index in [0.29, 0.717) is 5.92 Å². The highest BCUT2D eigenvalue weighted by atomic mass is 16.5. The van der Waals surface area contributed by atoms with E-state index in [1.54, 1.807) is 7.11 Å². The minimum atomic E-state index is 0.676. The van der Waals surface area contributed by atoms with Crippen LogP contribution < -0.4 is 5.73 Å². The van der Waals surface area contributed by atoms with Crippen molar-refractivity contribution in [2.24, 2.45) is 11.7 Å². The van der Waals surface area contributed by atoms with Crippen LogP contribution in [0.3, 0.4) is 0 Å². The van der Waals surface area contributed by atoms with Crippen molar-refractivity contribution >= 4 is 0 Å². The zero-order valence-corrected chi connectivity index (χ0v) is 6.27. The topological polar surface area (TPSA) is 35.2 Å². The van der Waals surface area contributed by atoms with Crippen LogP contribution in [0, 0.1) is 5.92 Å². The molecule has 0 atom stereocenters. The molecule has 0 heterocycles. The van der Waals surface area contributed by atoms with Crippen molar-refractivity contribution < 1.29 is 4.74 Å². The smallest absolute Gasteiger partial charge is 0.0485 e. The van der Waals surface area contributed by atoms with Gasteiger partial charge in [0.1, 0.15) is 0 Å². The lowest BCUT2D eigenvalue weighted by Gasteiger charge is -1.97. The predicted octanol–water partition coefficient (Wildman–Crippen LogP) is 0.864. The normalized spacial score (nSPS) is 8.25. The van der Waals surface area contributed by atoms with Gasteiger partial charge in [0.2, 0.25) is 0 Å². The highest BCUT2D eigenvalue weighted by Gasteiger charge is 1.85. The molecule has 0 rings (SSSR count). The number of ether oxygens (including phenoxy) is 1. The molecule has 2 N–H and O–H groups in total. The minimum absolute atomic E-state index is 0.676. The molecule has 0 saturated heterocycles. The van der Waals surface area contributed by atoms with Gasteiger partial charge in [0.15, 0.2) is 0 Å². The van der Waals surface area contributed by atoms with Crippen LogP contribution in [0.5, 0.6) is 0 Å². The maximum absolute atomic E-state index is 4.80. The molecule has 0 aliphatic heterocycles. The van der Waals surface area contributed by atoms with Crippen molar-refractivity contribution in [1.29, 1.82) is 0 Å². The third kappa shape index (κ3) is 16.8. The van der Waals surface area contributed by atoms with Crippen molar-refractivity contribution in [2.75, 3.05) is 20.8 Å². The second-order valence-corrected chi connectivity index (χ2v) is 1.85. The quantitative estimate of drug-likeness (QED) is 0.585. The van der Waals surface area contributed by atoms with Gasteiger partial charge in [0, 0.05) is 13.7 Å². The Morgan fingerprint density at radius 2 is 1.75 bits per heavy atom. The first kappa shape index (κ1) is 10.8. The maximum Gasteiger partial charge on any atom is 0.0485 e. The van der Waals surface area contributed by atoms with Crippen LogP contribution in [0.15, 0.2) is 0 Å². The van der Waals surface area contributed by atoms with Gasteiger partial charge in [-0.3, -0.25) is 0 Å². The number of hydrogen-bond acceptors (Lipinski definition) is 2. The second-order valence-electron chi connectivity index (χ2n) is 1.85. The van der Waals surface area contributed by atoms with Gasteiger partial charge in [0.25, 0.3) is 0 Å². The lowest BCUT2D eigenvalue weighted by molar-refractivity contribution is 0.167. The summed E-state index contributed by atoms with van der Waals surface area (Å²) in [6, 6.07) is 0. The van der Waals surface area contributed by atoms with Gasteiger partial charge in [-0.2, -0.15) is 0 Å². The molecular weight excluding hydrogens is 102 g/mol. The first-order valence-corrected chi connectivity index (χ1v) is 2.84. The first-order chi connectivity index (χ1) is 3.77. The summed E-state index contributed by atoms with van der Waals surface area (Å²) in [4.78, 5) is 0. The molecule has 52 valence electrons. The summed E-state index contributed by atoms with van der Waals surface area (Å²) in [6.45, 7) is 5.13. The third-order valence-electron chi connectivity index (χ3n) is 0.500. The van der Waals surface area contributed by atoms with Gasteiger partial charge in [-0.25, -0.2) is 0 Å². The summed E-state index contributed by atoms with van der Waals surface area (Å²) < 4.78 is 4.80. The molecule has 0 fully saturated rings. The molecule has 0 unspecified atom stereocenters. The molecule has 0 aromatic rings. The van der Waals surface area contributed by atoms with Gasteiger partial charge in [-0.05, 0) is 13.0 Å². The molecule has 0 aromatic carbocycles. The van der Waals surface area contributed by atoms with E-state index in [1.807, 2.05) is 0 Å². The summed E-state index contributed by atoms with van der Waals surface area (Å²) in [5.74, 6) is 0.676. The summed E-state index contributed by atoms with van der Waals surface area (Å²) in [6.07, 6.45) is 0. The Labute approximate surface area is 52.0 Å². The van der Waals surface area contributed by atoms with E-state index >= 15 is 0 Å². The van der Waals surface area contributed by atoms with Crippen LogP contribution in [-0.2, 0) is 4.74 Å². The number of rotatable bonds is 2.